The molecule has 0 bridgehead atoms. The molecule has 0 aromatic heterocycles. The summed E-state index contributed by atoms with van der Waals surface area (Å²) in [5.74, 6) is -0.244. The highest BCUT2D eigenvalue weighted by Crippen LogP contribution is 2.34. The molecule has 0 spiro atoms. The second kappa shape index (κ2) is 2.99. The van der Waals surface area contributed by atoms with E-state index in [9.17, 15) is 9.59 Å². The zero-order chi connectivity index (χ0) is 9.52. The molecular weight excluding hydrogens is 292 g/mol. The molecule has 0 N–H and O–H groups in total. The van der Waals surface area contributed by atoms with Crippen LogP contribution in [0.4, 0.5) is 4.79 Å². The van der Waals surface area contributed by atoms with Gasteiger partial charge in [-0.25, -0.2) is 8.72 Å². The SMILES string of the molecule is CCC1(C)C(=O)N(Br)C(=O)N1Br. The van der Waals surface area contributed by atoms with E-state index < -0.39 is 5.54 Å². The van der Waals surface area contributed by atoms with Crippen molar-refractivity contribution in [1.82, 2.24) is 7.85 Å². The van der Waals surface area contributed by atoms with Crippen LogP contribution in [-0.4, -0.2) is 25.3 Å². The largest absolute Gasteiger partial charge is 0.348 e. The molecule has 12 heavy (non-hydrogen) atoms. The Morgan fingerprint density at radius 1 is 1.42 bits per heavy atom. The Labute approximate surface area is 87.6 Å². The third-order valence-corrected chi connectivity index (χ3v) is 3.81. The highest BCUT2D eigenvalue weighted by Gasteiger charge is 2.52. The topological polar surface area (TPSA) is 40.6 Å². The van der Waals surface area contributed by atoms with E-state index in [2.05, 4.69) is 32.3 Å². The van der Waals surface area contributed by atoms with Gasteiger partial charge in [0.2, 0.25) is 0 Å². The van der Waals surface area contributed by atoms with Crippen LogP contribution in [0.2, 0.25) is 0 Å². The van der Waals surface area contributed by atoms with E-state index in [4.69, 9.17) is 0 Å². The molecule has 1 fully saturated rings. The van der Waals surface area contributed by atoms with E-state index in [1.807, 2.05) is 6.92 Å². The fourth-order valence-electron chi connectivity index (χ4n) is 0.961. The summed E-state index contributed by atoms with van der Waals surface area (Å²) in [6, 6.07) is -0.385. The van der Waals surface area contributed by atoms with Gasteiger partial charge in [0.05, 0.1) is 32.3 Å². The predicted octanol–water partition coefficient (Wildman–Crippen LogP) is 2.04. The van der Waals surface area contributed by atoms with Gasteiger partial charge < -0.3 is 0 Å². The fraction of sp³-hybridized carbons (Fsp3) is 0.667. The van der Waals surface area contributed by atoms with E-state index in [1.165, 1.54) is 3.93 Å². The fourth-order valence-corrected chi connectivity index (χ4v) is 2.28. The number of imide groups is 1. The molecule has 1 atom stereocenters. The Bertz CT molecular complexity index is 246. The minimum atomic E-state index is -0.763. The zero-order valence-electron chi connectivity index (χ0n) is 6.67. The predicted molar refractivity (Wildman–Crippen MR) is 50.6 cm³/mol. The van der Waals surface area contributed by atoms with Gasteiger partial charge in [0, 0.05) is 0 Å². The second-order valence-electron chi connectivity index (χ2n) is 2.78. The first-order chi connectivity index (χ1) is 5.45. The third kappa shape index (κ3) is 1.08. The first-order valence-electron chi connectivity index (χ1n) is 3.45. The second-order valence-corrected chi connectivity index (χ2v) is 4.20. The lowest BCUT2D eigenvalue weighted by Crippen LogP contribution is -2.40. The molecule has 0 aromatic rings. The number of rotatable bonds is 1. The van der Waals surface area contributed by atoms with Crippen molar-refractivity contribution in [3.05, 3.63) is 0 Å². The number of carbonyl (C=O) groups is 2. The van der Waals surface area contributed by atoms with Gasteiger partial charge in [0.25, 0.3) is 5.91 Å². The van der Waals surface area contributed by atoms with Crippen LogP contribution in [0.1, 0.15) is 20.3 Å². The number of halogens is 2. The smallest absolute Gasteiger partial charge is 0.271 e. The highest BCUT2D eigenvalue weighted by molar-refractivity contribution is 9.08. The molecule has 1 aliphatic rings. The van der Waals surface area contributed by atoms with Gasteiger partial charge in [-0.2, -0.15) is 3.93 Å². The highest BCUT2D eigenvalue weighted by atomic mass is 79.9. The van der Waals surface area contributed by atoms with Crippen molar-refractivity contribution < 1.29 is 9.59 Å². The van der Waals surface area contributed by atoms with Crippen LogP contribution in [0.25, 0.3) is 0 Å². The van der Waals surface area contributed by atoms with Gasteiger partial charge in [-0.05, 0) is 13.3 Å². The van der Waals surface area contributed by atoms with Crippen LogP contribution in [0.5, 0.6) is 0 Å². The average molecular weight is 300 g/mol. The standard InChI is InChI=1S/C6H8Br2N2O2/c1-3-6(2)4(11)9(7)5(12)10(6)8/h3H2,1-2H3. The van der Waals surface area contributed by atoms with Crippen molar-refractivity contribution in [3.63, 3.8) is 0 Å². The molecule has 0 saturated carbocycles. The van der Waals surface area contributed by atoms with Gasteiger partial charge in [-0.15, -0.1) is 0 Å². The molecule has 0 aliphatic carbocycles. The first-order valence-corrected chi connectivity index (χ1v) is 4.87. The summed E-state index contributed by atoms with van der Waals surface area (Å²) in [6.07, 6.45) is 0.574. The van der Waals surface area contributed by atoms with E-state index in [-0.39, 0.29) is 11.9 Å². The van der Waals surface area contributed by atoms with Crippen LogP contribution < -0.4 is 0 Å². The summed E-state index contributed by atoms with van der Waals surface area (Å²) in [7, 11) is 0. The Balaban J connectivity index is 3.06. The van der Waals surface area contributed by atoms with Crippen LogP contribution in [-0.2, 0) is 4.79 Å². The summed E-state index contributed by atoms with van der Waals surface area (Å²) >= 11 is 5.95. The minimum absolute atomic E-state index is 0.244. The van der Waals surface area contributed by atoms with Gasteiger partial charge in [-0.1, -0.05) is 6.92 Å². The lowest BCUT2D eigenvalue weighted by molar-refractivity contribution is -0.127. The Hall–Kier alpha value is -0.100. The minimum Gasteiger partial charge on any atom is -0.271 e. The van der Waals surface area contributed by atoms with Crippen molar-refractivity contribution in [1.29, 1.82) is 0 Å². The van der Waals surface area contributed by atoms with Crippen molar-refractivity contribution in [2.24, 2.45) is 0 Å². The van der Waals surface area contributed by atoms with E-state index in [0.29, 0.717) is 6.42 Å². The third-order valence-electron chi connectivity index (χ3n) is 2.10. The number of urea groups is 1. The number of hydrogen-bond acceptors (Lipinski definition) is 2. The molecule has 1 aliphatic heterocycles. The lowest BCUT2D eigenvalue weighted by Gasteiger charge is -2.23. The molecule has 68 valence electrons. The van der Waals surface area contributed by atoms with Gasteiger partial charge >= 0.3 is 6.03 Å². The molecule has 0 radical (unpaired) electrons. The maximum atomic E-state index is 11.5. The number of nitrogens with zero attached hydrogens (tertiary/aromatic N) is 2. The number of amides is 3. The van der Waals surface area contributed by atoms with Crippen LogP contribution in [0, 0.1) is 0 Å². The molecule has 1 unspecified atom stereocenters. The van der Waals surface area contributed by atoms with Gasteiger partial charge in [-0.3, -0.25) is 4.79 Å². The van der Waals surface area contributed by atoms with Crippen LogP contribution >= 0.6 is 32.3 Å². The Morgan fingerprint density at radius 3 is 2.08 bits per heavy atom. The molecule has 6 heteroatoms. The van der Waals surface area contributed by atoms with Crippen molar-refractivity contribution in [2.45, 2.75) is 25.8 Å². The van der Waals surface area contributed by atoms with Crippen LogP contribution in [0.15, 0.2) is 0 Å². The van der Waals surface area contributed by atoms with Crippen molar-refractivity contribution >= 4 is 44.2 Å². The maximum Gasteiger partial charge on any atom is 0.348 e. The summed E-state index contributed by atoms with van der Waals surface area (Å²) < 4.78 is 2.20. The number of hydrogen-bond donors (Lipinski definition) is 0. The molecule has 1 saturated heterocycles. The van der Waals surface area contributed by atoms with Crippen LogP contribution in [0.3, 0.4) is 0 Å². The summed E-state index contributed by atoms with van der Waals surface area (Å²) in [5, 5.41) is 0. The monoisotopic (exact) mass is 298 g/mol. The van der Waals surface area contributed by atoms with E-state index in [1.54, 1.807) is 6.92 Å². The molecule has 3 amide bonds. The van der Waals surface area contributed by atoms with E-state index >= 15 is 0 Å². The Kier molecular flexibility index (Phi) is 2.49. The van der Waals surface area contributed by atoms with Crippen molar-refractivity contribution in [3.8, 4) is 0 Å². The maximum absolute atomic E-state index is 11.5. The van der Waals surface area contributed by atoms with Crippen molar-refractivity contribution in [2.75, 3.05) is 0 Å². The molecule has 1 heterocycles. The van der Waals surface area contributed by atoms with Gasteiger partial charge in [0.15, 0.2) is 0 Å². The number of carbonyl (C=O) groups excluding carboxylic acids is 2. The molecule has 4 nitrogen and oxygen atoms in total. The van der Waals surface area contributed by atoms with Gasteiger partial charge in [0.1, 0.15) is 5.54 Å². The summed E-state index contributed by atoms with van der Waals surface area (Å²) in [5.41, 5.74) is -0.763. The normalized spacial score (nSPS) is 30.3. The molecule has 0 aromatic carbocycles. The molecular formula is C6H8Br2N2O2. The molecule has 1 rings (SSSR count). The zero-order valence-corrected chi connectivity index (χ0v) is 9.85. The first kappa shape index (κ1) is 9.98. The lowest BCUT2D eigenvalue weighted by atomic mass is 10.0. The van der Waals surface area contributed by atoms with E-state index in [0.717, 1.165) is 3.93 Å². The quantitative estimate of drug-likeness (QED) is 0.549. The Morgan fingerprint density at radius 2 is 1.92 bits per heavy atom. The summed E-state index contributed by atoms with van der Waals surface area (Å²) in [4.78, 5) is 22.7. The summed E-state index contributed by atoms with van der Waals surface area (Å²) in [6.45, 7) is 3.56. The average Bonchev–Trinajstić information content (AvgIpc) is 2.22.